The summed E-state index contributed by atoms with van der Waals surface area (Å²) >= 11 is 15.2. The van der Waals surface area contributed by atoms with Crippen LogP contribution in [0.1, 0.15) is 36.5 Å². The van der Waals surface area contributed by atoms with Gasteiger partial charge in [0.1, 0.15) is 11.6 Å². The van der Waals surface area contributed by atoms with E-state index >= 15 is 0 Å². The van der Waals surface area contributed by atoms with Crippen LogP contribution in [-0.2, 0) is 9.59 Å². The van der Waals surface area contributed by atoms with Gasteiger partial charge in [-0.05, 0) is 31.4 Å². The largest absolute Gasteiger partial charge is 0.384 e. The Morgan fingerprint density at radius 2 is 2.18 bits per heavy atom. The van der Waals surface area contributed by atoms with Gasteiger partial charge in [-0.2, -0.15) is 5.26 Å². The Hall–Kier alpha value is -3.37. The van der Waals surface area contributed by atoms with Gasteiger partial charge in [-0.1, -0.05) is 63.6 Å². The van der Waals surface area contributed by atoms with Crippen LogP contribution >= 0.6 is 46.3 Å². The predicted octanol–water partition coefficient (Wildman–Crippen LogP) is 5.18. The predicted molar refractivity (Wildman–Crippen MR) is 145 cm³/mol. The van der Waals surface area contributed by atoms with Crippen LogP contribution < -0.4 is 16.0 Å². The first-order valence-electron chi connectivity index (χ1n) is 11.4. The fourth-order valence-corrected chi connectivity index (χ4v) is 6.54. The molecule has 5 rings (SSSR count). The molecule has 0 radical (unpaired) electrons. The topological polar surface area (TPSA) is 151 Å². The third kappa shape index (κ3) is 4.90. The molecule has 0 saturated heterocycles. The number of thioether (sulfide) groups is 1. The van der Waals surface area contributed by atoms with Crippen molar-refractivity contribution in [2.24, 2.45) is 5.73 Å². The summed E-state index contributed by atoms with van der Waals surface area (Å²) in [5.74, 6) is 0.0174. The highest BCUT2D eigenvalue weighted by atomic mass is 35.5. The van der Waals surface area contributed by atoms with Crippen molar-refractivity contribution in [2.45, 2.75) is 36.4 Å². The van der Waals surface area contributed by atoms with Crippen molar-refractivity contribution in [1.29, 1.82) is 5.26 Å². The van der Waals surface area contributed by atoms with Gasteiger partial charge in [-0.15, -0.1) is 10.2 Å². The molecule has 0 bridgehead atoms. The Labute approximate surface area is 235 Å². The molecule has 3 aromatic rings. The van der Waals surface area contributed by atoms with Gasteiger partial charge in [0.05, 0.1) is 33.4 Å². The minimum atomic E-state index is -0.740. The van der Waals surface area contributed by atoms with Gasteiger partial charge in [-0.25, -0.2) is 0 Å². The van der Waals surface area contributed by atoms with Crippen LogP contribution in [0.3, 0.4) is 0 Å². The standard InChI is InChI=1S/C24H19Cl2N7O3S2/c1-11-8-17(32-36-11)29-18(35)10-37-24-31-30-23(38-24)33-15-6-3-7-16(34)20(15)19(13(9-27)22(33)28)12-4-2-5-14(25)21(12)26/h2,4-5,8,19H,3,6-7,10,28H2,1H3,(H,29,32,35). The SMILES string of the molecule is Cc1cc(NC(=O)CSc2nnc(N3C(N)=C(C#N)C(c4cccc(Cl)c4Cl)C4=C3CCCC4=O)s2)no1. The van der Waals surface area contributed by atoms with E-state index in [0.29, 0.717) is 62.2 Å². The van der Waals surface area contributed by atoms with Gasteiger partial charge in [0.25, 0.3) is 0 Å². The molecule has 0 fully saturated rings. The summed E-state index contributed by atoms with van der Waals surface area (Å²) in [4.78, 5) is 27.2. The number of nitrogens with one attached hydrogen (secondary N) is 1. The highest BCUT2D eigenvalue weighted by Crippen LogP contribution is 2.49. The third-order valence-electron chi connectivity index (χ3n) is 6.02. The fraction of sp³-hybridized carbons (Fsp3) is 0.250. The molecule has 14 heteroatoms. The Bertz CT molecular complexity index is 1560. The molecule has 1 unspecified atom stereocenters. The van der Waals surface area contributed by atoms with Gasteiger partial charge >= 0.3 is 0 Å². The van der Waals surface area contributed by atoms with E-state index in [0.717, 1.165) is 0 Å². The summed E-state index contributed by atoms with van der Waals surface area (Å²) in [6.07, 6.45) is 1.52. The number of allylic oxidation sites excluding steroid dienone is 3. The number of Topliss-reactive ketones (excluding diaryl/α,β-unsaturated/α-hetero) is 1. The Balaban J connectivity index is 1.46. The maximum absolute atomic E-state index is 13.3. The molecular formula is C24H19Cl2N7O3S2. The van der Waals surface area contributed by atoms with E-state index < -0.39 is 5.92 Å². The molecule has 194 valence electrons. The van der Waals surface area contributed by atoms with E-state index in [-0.39, 0.29) is 33.9 Å². The quantitative estimate of drug-likeness (QED) is 0.369. The fourth-order valence-electron chi connectivity index (χ4n) is 4.44. The first-order chi connectivity index (χ1) is 18.3. The average molecular weight is 589 g/mol. The minimum Gasteiger partial charge on any atom is -0.384 e. The van der Waals surface area contributed by atoms with Crippen molar-refractivity contribution in [3.8, 4) is 6.07 Å². The molecule has 0 saturated carbocycles. The lowest BCUT2D eigenvalue weighted by Crippen LogP contribution is -2.38. The number of hydrogen-bond acceptors (Lipinski definition) is 11. The monoisotopic (exact) mass is 587 g/mol. The normalized spacial score (nSPS) is 17.5. The van der Waals surface area contributed by atoms with Crippen LogP contribution in [0.4, 0.5) is 10.9 Å². The molecule has 10 nitrogen and oxygen atoms in total. The first kappa shape index (κ1) is 26.2. The number of aryl methyl sites for hydroxylation is 1. The lowest BCUT2D eigenvalue weighted by molar-refractivity contribution is -0.116. The number of amides is 1. The van der Waals surface area contributed by atoms with Gasteiger partial charge in [0, 0.05) is 23.8 Å². The maximum Gasteiger partial charge on any atom is 0.236 e. The van der Waals surface area contributed by atoms with Gasteiger partial charge < -0.3 is 15.6 Å². The van der Waals surface area contributed by atoms with Gasteiger partial charge in [0.15, 0.2) is 15.9 Å². The van der Waals surface area contributed by atoms with Crippen molar-refractivity contribution in [2.75, 3.05) is 16.0 Å². The number of nitrogens with two attached hydrogens (primary N) is 1. The van der Waals surface area contributed by atoms with Crippen LogP contribution in [-0.4, -0.2) is 32.8 Å². The number of halogens is 2. The summed E-state index contributed by atoms with van der Waals surface area (Å²) in [6, 6.07) is 8.92. The van der Waals surface area contributed by atoms with Crippen molar-refractivity contribution in [3.63, 3.8) is 0 Å². The number of ketones is 1. The van der Waals surface area contributed by atoms with Crippen molar-refractivity contribution in [3.05, 3.63) is 68.3 Å². The highest BCUT2D eigenvalue weighted by Gasteiger charge is 2.42. The summed E-state index contributed by atoms with van der Waals surface area (Å²) in [5.41, 5.74) is 8.40. The molecule has 2 aliphatic rings. The van der Waals surface area contributed by atoms with Crippen molar-refractivity contribution >= 4 is 68.9 Å². The molecule has 1 aliphatic carbocycles. The first-order valence-corrected chi connectivity index (χ1v) is 13.9. The molecule has 3 heterocycles. The van der Waals surface area contributed by atoms with E-state index in [1.165, 1.54) is 23.1 Å². The van der Waals surface area contributed by atoms with E-state index in [1.807, 2.05) is 0 Å². The smallest absolute Gasteiger partial charge is 0.236 e. The van der Waals surface area contributed by atoms with E-state index in [1.54, 1.807) is 36.1 Å². The molecular weight excluding hydrogens is 569 g/mol. The Morgan fingerprint density at radius 3 is 2.92 bits per heavy atom. The Kier molecular flexibility index (Phi) is 7.45. The lowest BCUT2D eigenvalue weighted by atomic mass is 9.76. The van der Waals surface area contributed by atoms with Crippen molar-refractivity contribution < 1.29 is 14.1 Å². The molecule has 1 atom stereocenters. The van der Waals surface area contributed by atoms with Crippen LogP contribution in [0.25, 0.3) is 0 Å². The van der Waals surface area contributed by atoms with E-state index in [2.05, 4.69) is 26.7 Å². The second-order valence-corrected chi connectivity index (χ2v) is 11.4. The molecule has 38 heavy (non-hydrogen) atoms. The zero-order valence-corrected chi connectivity index (χ0v) is 23.0. The molecule has 3 N–H and O–H groups in total. The third-order valence-corrected chi connectivity index (χ3v) is 8.89. The number of carbonyl (C=O) groups is 2. The second-order valence-electron chi connectivity index (χ2n) is 8.47. The number of anilines is 2. The number of carbonyl (C=O) groups excluding carboxylic acids is 2. The zero-order chi connectivity index (χ0) is 27.0. The number of hydrogen-bond donors (Lipinski definition) is 2. The number of nitrogens with zero attached hydrogens (tertiary/aromatic N) is 5. The van der Waals surface area contributed by atoms with Crippen LogP contribution in [0.2, 0.25) is 10.0 Å². The minimum absolute atomic E-state index is 0.0665. The number of rotatable bonds is 6. The maximum atomic E-state index is 13.3. The summed E-state index contributed by atoms with van der Waals surface area (Å²) in [7, 11) is 0. The number of nitriles is 1. The van der Waals surface area contributed by atoms with Crippen molar-refractivity contribution in [1.82, 2.24) is 15.4 Å². The molecule has 0 spiro atoms. The summed E-state index contributed by atoms with van der Waals surface area (Å²) < 4.78 is 5.46. The second kappa shape index (κ2) is 10.8. The average Bonchev–Trinajstić information content (AvgIpc) is 3.52. The summed E-state index contributed by atoms with van der Waals surface area (Å²) in [5, 5.41) is 26.0. The van der Waals surface area contributed by atoms with Crippen LogP contribution in [0.15, 0.2) is 55.8 Å². The zero-order valence-electron chi connectivity index (χ0n) is 19.8. The number of benzene rings is 1. The van der Waals surface area contributed by atoms with Gasteiger partial charge in [-0.3, -0.25) is 14.5 Å². The van der Waals surface area contributed by atoms with E-state index in [4.69, 9.17) is 33.5 Å². The van der Waals surface area contributed by atoms with E-state index in [9.17, 15) is 14.9 Å². The summed E-state index contributed by atoms with van der Waals surface area (Å²) in [6.45, 7) is 1.73. The van der Waals surface area contributed by atoms with Crippen LogP contribution in [0.5, 0.6) is 0 Å². The molecule has 1 aliphatic heterocycles. The van der Waals surface area contributed by atoms with Gasteiger partial charge in [0.2, 0.25) is 11.0 Å². The molecule has 2 aromatic heterocycles. The molecule has 1 aromatic carbocycles. The highest BCUT2D eigenvalue weighted by molar-refractivity contribution is 8.01. The number of aromatic nitrogens is 3. The van der Waals surface area contributed by atoms with Crippen LogP contribution in [0, 0.1) is 18.3 Å². The molecule has 1 amide bonds. The Morgan fingerprint density at radius 1 is 1.37 bits per heavy atom. The lowest BCUT2D eigenvalue weighted by Gasteiger charge is -2.38.